The molecule has 2 aliphatic rings. The van der Waals surface area contributed by atoms with Crippen LogP contribution >= 0.6 is 11.8 Å². The van der Waals surface area contributed by atoms with E-state index < -0.39 is 11.7 Å². The number of hydrazone groups is 1. The van der Waals surface area contributed by atoms with Crippen molar-refractivity contribution >= 4 is 39.8 Å². The molecule has 3 aromatic rings. The molecule has 170 valence electrons. The van der Waals surface area contributed by atoms with Crippen LogP contribution in [0.25, 0.3) is 11.8 Å². The van der Waals surface area contributed by atoms with E-state index in [0.29, 0.717) is 10.6 Å². The second-order valence-electron chi connectivity index (χ2n) is 8.34. The zero-order valence-corrected chi connectivity index (χ0v) is 20.0. The molecule has 3 heterocycles. The van der Waals surface area contributed by atoms with E-state index in [2.05, 4.69) is 46.7 Å². The lowest BCUT2D eigenvalue weighted by Gasteiger charge is -2.20. The van der Waals surface area contributed by atoms with E-state index in [9.17, 15) is 9.18 Å². The number of aryl methyl sites for hydroxylation is 3. The number of thioether (sulfide) groups is 1. The summed E-state index contributed by atoms with van der Waals surface area (Å²) in [6, 6.07) is 14.6. The number of nitrogens with one attached hydrogen (secondary N) is 1. The third-order valence-electron chi connectivity index (χ3n) is 6.08. The van der Waals surface area contributed by atoms with Gasteiger partial charge in [-0.2, -0.15) is 15.1 Å². The van der Waals surface area contributed by atoms with E-state index in [0.717, 1.165) is 34.4 Å². The highest BCUT2D eigenvalue weighted by Crippen LogP contribution is 2.32. The molecule has 0 spiro atoms. The standard InChI is InChI=1S/C26H22FN5OS/c1-14-9-10-19(11-15(14)2)31-16(3)12-18(17(31)4)13-21-23(28)32-26(29-24(21)33)34-25(30-32)20-7-5-6-8-22(20)27/h5-13,28H,1-4H3/b21-13-,28-23?. The summed E-state index contributed by atoms with van der Waals surface area (Å²) in [6.45, 7) is 8.16. The molecule has 8 heteroatoms. The number of nitrogens with zero attached hydrogens (tertiary/aromatic N) is 4. The van der Waals surface area contributed by atoms with Crippen molar-refractivity contribution in [1.82, 2.24) is 9.58 Å². The van der Waals surface area contributed by atoms with Crippen molar-refractivity contribution in [3.63, 3.8) is 0 Å². The van der Waals surface area contributed by atoms with Gasteiger partial charge in [0.25, 0.3) is 5.91 Å². The van der Waals surface area contributed by atoms with Crippen molar-refractivity contribution in [2.75, 3.05) is 0 Å². The number of benzene rings is 2. The average Bonchev–Trinajstić information content (AvgIpc) is 3.34. The summed E-state index contributed by atoms with van der Waals surface area (Å²) >= 11 is 1.08. The normalized spacial score (nSPS) is 16.7. The highest BCUT2D eigenvalue weighted by molar-refractivity contribution is 8.27. The predicted molar refractivity (Wildman–Crippen MR) is 135 cm³/mol. The van der Waals surface area contributed by atoms with E-state index in [1.54, 1.807) is 24.3 Å². The van der Waals surface area contributed by atoms with Crippen LogP contribution in [0, 0.1) is 38.9 Å². The van der Waals surface area contributed by atoms with Gasteiger partial charge in [-0.15, -0.1) is 0 Å². The minimum Gasteiger partial charge on any atom is -0.318 e. The number of carbonyl (C=O) groups is 1. The van der Waals surface area contributed by atoms with Crippen LogP contribution in [0.2, 0.25) is 0 Å². The molecule has 5 rings (SSSR count). The van der Waals surface area contributed by atoms with Gasteiger partial charge in [-0.25, -0.2) is 4.39 Å². The molecule has 0 aliphatic carbocycles. The molecule has 1 N–H and O–H groups in total. The fourth-order valence-electron chi connectivity index (χ4n) is 4.09. The topological polar surface area (TPSA) is 73.8 Å². The number of fused-ring (bicyclic) bond motifs is 1. The van der Waals surface area contributed by atoms with Gasteiger partial charge in [0.15, 0.2) is 5.84 Å². The fraction of sp³-hybridized carbons (Fsp3) is 0.154. The minimum atomic E-state index is -0.510. The van der Waals surface area contributed by atoms with E-state index in [4.69, 9.17) is 5.41 Å². The molecule has 0 radical (unpaired) electrons. The molecular formula is C26H22FN5OS. The highest BCUT2D eigenvalue weighted by atomic mass is 32.2. The minimum absolute atomic E-state index is 0.0789. The van der Waals surface area contributed by atoms with E-state index >= 15 is 0 Å². The Kier molecular flexibility index (Phi) is 5.32. The molecule has 1 aromatic heterocycles. The van der Waals surface area contributed by atoms with Crippen LogP contribution in [0.3, 0.4) is 0 Å². The van der Waals surface area contributed by atoms with Crippen LogP contribution in [0.5, 0.6) is 0 Å². The van der Waals surface area contributed by atoms with Gasteiger partial charge in [0.2, 0.25) is 5.17 Å². The van der Waals surface area contributed by atoms with E-state index in [-0.39, 0.29) is 16.6 Å². The molecule has 0 saturated carbocycles. The number of hydrogen-bond donors (Lipinski definition) is 1. The largest absolute Gasteiger partial charge is 0.318 e. The van der Waals surface area contributed by atoms with Crippen molar-refractivity contribution in [2.24, 2.45) is 10.1 Å². The first-order valence-electron chi connectivity index (χ1n) is 10.8. The second kappa shape index (κ2) is 8.22. The first-order chi connectivity index (χ1) is 16.2. The Morgan fingerprint density at radius 1 is 1.03 bits per heavy atom. The Bertz CT molecular complexity index is 1480. The molecule has 0 fully saturated rings. The van der Waals surface area contributed by atoms with Gasteiger partial charge in [-0.1, -0.05) is 18.2 Å². The first-order valence-corrected chi connectivity index (χ1v) is 11.6. The number of rotatable bonds is 3. The highest BCUT2D eigenvalue weighted by Gasteiger charge is 2.36. The molecule has 0 atom stereocenters. The lowest BCUT2D eigenvalue weighted by molar-refractivity contribution is -0.114. The molecule has 2 aliphatic heterocycles. The number of hydrogen-bond acceptors (Lipinski definition) is 4. The lowest BCUT2D eigenvalue weighted by atomic mass is 10.1. The Morgan fingerprint density at radius 3 is 2.53 bits per heavy atom. The number of amides is 1. The number of amidine groups is 2. The third kappa shape index (κ3) is 3.60. The Morgan fingerprint density at radius 2 is 1.79 bits per heavy atom. The summed E-state index contributed by atoms with van der Waals surface area (Å²) in [5, 5.41) is 14.9. The van der Waals surface area contributed by atoms with Crippen LogP contribution in [0.15, 0.2) is 64.2 Å². The molecule has 1 amide bonds. The Labute approximate surface area is 201 Å². The van der Waals surface area contributed by atoms with Gasteiger partial charge in [0.05, 0.1) is 5.57 Å². The van der Waals surface area contributed by atoms with Crippen LogP contribution in [0.1, 0.15) is 33.6 Å². The van der Waals surface area contributed by atoms with Gasteiger partial charge >= 0.3 is 0 Å². The lowest BCUT2D eigenvalue weighted by Crippen LogP contribution is -2.35. The van der Waals surface area contributed by atoms with E-state index in [1.165, 1.54) is 22.2 Å². The van der Waals surface area contributed by atoms with Gasteiger partial charge < -0.3 is 4.57 Å². The summed E-state index contributed by atoms with van der Waals surface area (Å²) < 4.78 is 16.4. The summed E-state index contributed by atoms with van der Waals surface area (Å²) in [6.07, 6.45) is 1.69. The second-order valence-corrected chi connectivity index (χ2v) is 9.29. The SMILES string of the molecule is Cc1ccc(-n2c(C)cc(/C=C3/C(=N)N4N=C(c5ccccc5F)SC4=NC3=O)c2C)cc1C. The molecule has 0 unspecified atom stereocenters. The smallest absolute Gasteiger partial charge is 0.283 e. The molecule has 2 aromatic carbocycles. The first kappa shape index (κ1) is 22.0. The monoisotopic (exact) mass is 471 g/mol. The Balaban J connectivity index is 1.52. The number of carbonyl (C=O) groups excluding carboxylic acids is 1. The van der Waals surface area contributed by atoms with Crippen LogP contribution < -0.4 is 0 Å². The molecule has 0 saturated heterocycles. The molecule has 0 bridgehead atoms. The van der Waals surface area contributed by atoms with Crippen LogP contribution in [-0.2, 0) is 4.79 Å². The van der Waals surface area contributed by atoms with Crippen molar-refractivity contribution in [3.05, 3.63) is 93.6 Å². The average molecular weight is 472 g/mol. The molecule has 6 nitrogen and oxygen atoms in total. The van der Waals surface area contributed by atoms with Crippen molar-refractivity contribution in [3.8, 4) is 5.69 Å². The zero-order chi connectivity index (χ0) is 24.1. The summed E-state index contributed by atoms with van der Waals surface area (Å²) in [5.74, 6) is -1.00. The van der Waals surface area contributed by atoms with Gasteiger partial charge in [-0.05, 0) is 92.6 Å². The van der Waals surface area contributed by atoms with Crippen molar-refractivity contribution in [1.29, 1.82) is 5.41 Å². The number of halogens is 1. The summed E-state index contributed by atoms with van der Waals surface area (Å²) in [5.41, 5.74) is 6.72. The number of aromatic nitrogens is 1. The zero-order valence-electron chi connectivity index (χ0n) is 19.2. The van der Waals surface area contributed by atoms with Crippen molar-refractivity contribution < 1.29 is 9.18 Å². The van der Waals surface area contributed by atoms with E-state index in [1.807, 2.05) is 19.9 Å². The molecule has 34 heavy (non-hydrogen) atoms. The van der Waals surface area contributed by atoms with Crippen LogP contribution in [0.4, 0.5) is 4.39 Å². The van der Waals surface area contributed by atoms with Crippen molar-refractivity contribution in [2.45, 2.75) is 27.7 Å². The van der Waals surface area contributed by atoms with Gasteiger partial charge in [0.1, 0.15) is 10.9 Å². The maximum Gasteiger partial charge on any atom is 0.283 e. The third-order valence-corrected chi connectivity index (χ3v) is 7.02. The van der Waals surface area contributed by atoms with Gasteiger partial charge in [0, 0.05) is 22.6 Å². The fourth-order valence-corrected chi connectivity index (χ4v) is 5.00. The van der Waals surface area contributed by atoms with Gasteiger partial charge in [-0.3, -0.25) is 10.2 Å². The molecular weight excluding hydrogens is 449 g/mol. The Hall–Kier alpha value is -3.78. The predicted octanol–water partition coefficient (Wildman–Crippen LogP) is 5.52. The summed E-state index contributed by atoms with van der Waals surface area (Å²) in [7, 11) is 0. The summed E-state index contributed by atoms with van der Waals surface area (Å²) in [4.78, 5) is 17.0. The number of aliphatic imine (C=N–C) groups is 1. The quantitative estimate of drug-likeness (QED) is 0.512. The maximum atomic E-state index is 14.2. The van der Waals surface area contributed by atoms with Crippen LogP contribution in [-0.4, -0.2) is 31.5 Å². The maximum absolute atomic E-state index is 14.2.